The van der Waals surface area contributed by atoms with Gasteiger partial charge in [0.2, 0.25) is 5.91 Å². The van der Waals surface area contributed by atoms with Crippen LogP contribution in [0, 0.1) is 5.82 Å². The number of rotatable bonds is 5. The maximum atomic E-state index is 13.5. The monoisotopic (exact) mass is 384 g/mol. The van der Waals surface area contributed by atoms with Gasteiger partial charge in [-0.2, -0.15) is 13.2 Å². The minimum Gasteiger partial charge on any atom is -0.478 e. The average molecular weight is 384 g/mol. The summed E-state index contributed by atoms with van der Waals surface area (Å²) in [7, 11) is 0. The van der Waals surface area contributed by atoms with Crippen molar-refractivity contribution >= 4 is 11.8 Å². The normalized spacial score (nSPS) is 12.2. The van der Waals surface area contributed by atoms with E-state index in [2.05, 4.69) is 10.9 Å². The number of carbonyl (C=O) groups excluding carboxylic acids is 2. The van der Waals surface area contributed by atoms with Crippen LogP contribution in [0.15, 0.2) is 48.5 Å². The van der Waals surface area contributed by atoms with Gasteiger partial charge in [-0.05, 0) is 30.7 Å². The Morgan fingerprint density at radius 1 is 1.07 bits per heavy atom. The molecule has 0 saturated heterocycles. The second-order valence-corrected chi connectivity index (χ2v) is 5.60. The molecule has 0 unspecified atom stereocenters. The van der Waals surface area contributed by atoms with Crippen molar-refractivity contribution in [1.29, 1.82) is 0 Å². The molecule has 0 spiro atoms. The number of amides is 2. The fourth-order valence-corrected chi connectivity index (χ4v) is 2.10. The first-order valence-corrected chi connectivity index (χ1v) is 7.83. The number of para-hydroxylation sites is 1. The molecule has 144 valence electrons. The number of hydrogen-bond acceptors (Lipinski definition) is 3. The first kappa shape index (κ1) is 20.2. The highest BCUT2D eigenvalue weighted by atomic mass is 19.4. The Balaban J connectivity index is 1.86. The second-order valence-electron chi connectivity index (χ2n) is 5.60. The number of hydrogen-bond donors (Lipinski definition) is 2. The summed E-state index contributed by atoms with van der Waals surface area (Å²) in [6.07, 6.45) is -6.00. The summed E-state index contributed by atoms with van der Waals surface area (Å²) in [6.45, 7) is 1.35. The molecule has 2 amide bonds. The number of halogens is 4. The topological polar surface area (TPSA) is 67.4 Å². The molecule has 2 aromatic rings. The number of nitrogens with one attached hydrogen (secondary N) is 2. The van der Waals surface area contributed by atoms with E-state index in [1.165, 1.54) is 37.3 Å². The molecule has 2 N–H and O–H groups in total. The summed E-state index contributed by atoms with van der Waals surface area (Å²) in [6, 6.07) is 9.79. The lowest BCUT2D eigenvalue weighted by Crippen LogP contribution is -2.47. The van der Waals surface area contributed by atoms with E-state index in [-0.39, 0.29) is 17.7 Å². The van der Waals surface area contributed by atoms with Crippen LogP contribution in [-0.2, 0) is 22.2 Å². The Kier molecular flexibility index (Phi) is 6.38. The smallest absolute Gasteiger partial charge is 0.416 e. The van der Waals surface area contributed by atoms with Crippen molar-refractivity contribution in [1.82, 2.24) is 10.9 Å². The molecule has 0 aromatic heterocycles. The van der Waals surface area contributed by atoms with Crippen molar-refractivity contribution in [2.75, 3.05) is 0 Å². The number of benzene rings is 2. The molecule has 1 atom stereocenters. The predicted octanol–water partition coefficient (Wildman–Crippen LogP) is 3.00. The van der Waals surface area contributed by atoms with Crippen molar-refractivity contribution < 1.29 is 31.9 Å². The highest BCUT2D eigenvalue weighted by Crippen LogP contribution is 2.29. The lowest BCUT2D eigenvalue weighted by Gasteiger charge is -2.15. The van der Waals surface area contributed by atoms with Gasteiger partial charge in [-0.3, -0.25) is 20.4 Å². The predicted molar refractivity (Wildman–Crippen MR) is 87.9 cm³/mol. The van der Waals surface area contributed by atoms with E-state index in [0.29, 0.717) is 0 Å². The van der Waals surface area contributed by atoms with Crippen LogP contribution in [0.1, 0.15) is 18.1 Å². The number of hydrazine groups is 1. The van der Waals surface area contributed by atoms with Gasteiger partial charge in [0.25, 0.3) is 5.91 Å². The first-order valence-electron chi connectivity index (χ1n) is 7.83. The Bertz CT molecular complexity index is 824. The van der Waals surface area contributed by atoms with Crippen molar-refractivity contribution in [3.8, 4) is 5.75 Å². The van der Waals surface area contributed by atoms with Crippen LogP contribution < -0.4 is 15.6 Å². The zero-order valence-corrected chi connectivity index (χ0v) is 14.1. The molecular formula is C18H16F4N2O3. The number of alkyl halides is 3. The zero-order chi connectivity index (χ0) is 20.0. The van der Waals surface area contributed by atoms with Gasteiger partial charge >= 0.3 is 6.18 Å². The standard InChI is InChI=1S/C18H16F4N2O3/c1-11(27-15-8-3-2-7-14(15)19)17(26)24-23-16(25)10-12-5-4-6-13(9-12)18(20,21)22/h2-9,11H,10H2,1H3,(H,23,25)(H,24,26)/t11-/m0/s1. The molecular weight excluding hydrogens is 368 g/mol. The van der Waals surface area contributed by atoms with Gasteiger partial charge in [0.15, 0.2) is 17.7 Å². The van der Waals surface area contributed by atoms with Crippen LogP contribution in [0.5, 0.6) is 5.75 Å². The molecule has 2 aromatic carbocycles. The summed E-state index contributed by atoms with van der Waals surface area (Å²) in [4.78, 5) is 23.7. The van der Waals surface area contributed by atoms with Gasteiger partial charge in [-0.1, -0.05) is 30.3 Å². The molecule has 9 heteroatoms. The van der Waals surface area contributed by atoms with Crippen LogP contribution >= 0.6 is 0 Å². The summed E-state index contributed by atoms with van der Waals surface area (Å²) >= 11 is 0. The fraction of sp³-hybridized carbons (Fsp3) is 0.222. The van der Waals surface area contributed by atoms with E-state index in [9.17, 15) is 27.2 Å². The summed E-state index contributed by atoms with van der Waals surface area (Å²) in [5.41, 5.74) is 3.42. The lowest BCUT2D eigenvalue weighted by atomic mass is 10.1. The third-order valence-corrected chi connectivity index (χ3v) is 3.45. The number of carbonyl (C=O) groups is 2. The van der Waals surface area contributed by atoms with Crippen LogP contribution in [-0.4, -0.2) is 17.9 Å². The minimum atomic E-state index is -4.51. The third kappa shape index (κ3) is 5.98. The highest BCUT2D eigenvalue weighted by Gasteiger charge is 2.30. The van der Waals surface area contributed by atoms with E-state index < -0.39 is 35.5 Å². The minimum absolute atomic E-state index is 0.129. The van der Waals surface area contributed by atoms with Crippen LogP contribution in [0.25, 0.3) is 0 Å². The molecule has 27 heavy (non-hydrogen) atoms. The highest BCUT2D eigenvalue weighted by molar-refractivity contribution is 5.85. The van der Waals surface area contributed by atoms with E-state index >= 15 is 0 Å². The molecule has 0 aliphatic heterocycles. The largest absolute Gasteiger partial charge is 0.478 e. The molecule has 2 rings (SSSR count). The van der Waals surface area contributed by atoms with E-state index in [1.54, 1.807) is 0 Å². The van der Waals surface area contributed by atoms with Crippen LogP contribution in [0.2, 0.25) is 0 Å². The van der Waals surface area contributed by atoms with E-state index in [1.807, 2.05) is 0 Å². The SMILES string of the molecule is C[C@H](Oc1ccccc1F)C(=O)NNC(=O)Cc1cccc(C(F)(F)F)c1. The van der Waals surface area contributed by atoms with Crippen molar-refractivity contribution in [3.63, 3.8) is 0 Å². The molecule has 0 radical (unpaired) electrons. The second kappa shape index (κ2) is 8.52. The van der Waals surface area contributed by atoms with E-state index in [0.717, 1.165) is 18.2 Å². The quantitative estimate of drug-likeness (QED) is 0.615. The average Bonchev–Trinajstić information content (AvgIpc) is 2.61. The molecule has 0 aliphatic rings. The van der Waals surface area contributed by atoms with Gasteiger partial charge < -0.3 is 4.74 Å². The molecule has 0 bridgehead atoms. The Morgan fingerprint density at radius 3 is 2.44 bits per heavy atom. The summed E-state index contributed by atoms with van der Waals surface area (Å²) in [5, 5.41) is 0. The molecule has 0 fully saturated rings. The summed E-state index contributed by atoms with van der Waals surface area (Å²) in [5.74, 6) is -2.25. The molecule has 5 nitrogen and oxygen atoms in total. The van der Waals surface area contributed by atoms with Crippen LogP contribution in [0.4, 0.5) is 17.6 Å². The van der Waals surface area contributed by atoms with Crippen molar-refractivity contribution in [2.24, 2.45) is 0 Å². The van der Waals surface area contributed by atoms with Gasteiger partial charge in [0.05, 0.1) is 12.0 Å². The zero-order valence-electron chi connectivity index (χ0n) is 14.1. The Labute approximate surface area is 152 Å². The summed E-state index contributed by atoms with van der Waals surface area (Å²) < 4.78 is 56.6. The van der Waals surface area contributed by atoms with Crippen molar-refractivity contribution in [2.45, 2.75) is 25.6 Å². The maximum Gasteiger partial charge on any atom is 0.416 e. The van der Waals surface area contributed by atoms with Gasteiger partial charge in [-0.25, -0.2) is 4.39 Å². The van der Waals surface area contributed by atoms with E-state index in [4.69, 9.17) is 4.74 Å². The molecule has 0 saturated carbocycles. The van der Waals surface area contributed by atoms with Gasteiger partial charge in [-0.15, -0.1) is 0 Å². The Hall–Kier alpha value is -3.10. The number of ether oxygens (including phenoxy) is 1. The molecule has 0 aliphatic carbocycles. The van der Waals surface area contributed by atoms with Crippen LogP contribution in [0.3, 0.4) is 0 Å². The fourth-order valence-electron chi connectivity index (χ4n) is 2.10. The van der Waals surface area contributed by atoms with Crippen molar-refractivity contribution in [3.05, 3.63) is 65.5 Å². The first-order chi connectivity index (χ1) is 12.7. The van der Waals surface area contributed by atoms with Gasteiger partial charge in [0.1, 0.15) is 0 Å². The maximum absolute atomic E-state index is 13.5. The Morgan fingerprint density at radius 2 is 1.78 bits per heavy atom. The lowest BCUT2D eigenvalue weighted by molar-refractivity contribution is -0.137. The molecule has 0 heterocycles. The van der Waals surface area contributed by atoms with Gasteiger partial charge in [0, 0.05) is 0 Å². The third-order valence-electron chi connectivity index (χ3n) is 3.45.